The van der Waals surface area contributed by atoms with Gasteiger partial charge >= 0.3 is 0 Å². The van der Waals surface area contributed by atoms with Crippen LogP contribution in [0.25, 0.3) is 0 Å². The lowest BCUT2D eigenvalue weighted by molar-refractivity contribution is -0.122. The first-order valence-electron chi connectivity index (χ1n) is 4.36. The zero-order valence-electron chi connectivity index (χ0n) is 7.18. The minimum absolute atomic E-state index is 0.0613. The molecular formula is C11H11NO. The zero-order valence-corrected chi connectivity index (χ0v) is 7.18. The quantitative estimate of drug-likeness (QED) is 0.670. The summed E-state index contributed by atoms with van der Waals surface area (Å²) >= 11 is 0. The maximum Gasteiger partial charge on any atom is 0.231 e. The Labute approximate surface area is 77.3 Å². The second kappa shape index (κ2) is 3.44. The summed E-state index contributed by atoms with van der Waals surface area (Å²) in [6, 6.07) is 0.0786. The predicted octanol–water partition coefficient (Wildman–Crippen LogP) is 1.34. The fraction of sp³-hybridized carbons (Fsp3) is 0.182. The van der Waals surface area contributed by atoms with E-state index in [1.54, 1.807) is 0 Å². The van der Waals surface area contributed by atoms with E-state index in [0.29, 0.717) is 0 Å². The Morgan fingerprint density at radius 3 is 2.08 bits per heavy atom. The monoisotopic (exact) mass is 173 g/mol. The Bertz CT molecular complexity index is 299. The summed E-state index contributed by atoms with van der Waals surface area (Å²) in [4.78, 5) is 11.5. The van der Waals surface area contributed by atoms with Crippen LogP contribution in [-0.4, -0.2) is 11.9 Å². The number of allylic oxidation sites excluding steroid dienone is 4. The first kappa shape index (κ1) is 8.05. The van der Waals surface area contributed by atoms with E-state index in [1.165, 1.54) is 0 Å². The van der Waals surface area contributed by atoms with Crippen molar-refractivity contribution in [3.63, 3.8) is 0 Å². The van der Waals surface area contributed by atoms with Gasteiger partial charge in [0.25, 0.3) is 0 Å². The van der Waals surface area contributed by atoms with Crippen LogP contribution in [0, 0.1) is 5.92 Å². The fourth-order valence-electron chi connectivity index (χ4n) is 1.40. The van der Waals surface area contributed by atoms with Crippen LogP contribution in [0.15, 0.2) is 48.6 Å². The summed E-state index contributed by atoms with van der Waals surface area (Å²) in [5.74, 6) is -0.0198. The molecule has 0 spiro atoms. The molecule has 1 amide bonds. The summed E-state index contributed by atoms with van der Waals surface area (Å²) in [5.41, 5.74) is 0. The Morgan fingerprint density at radius 1 is 0.923 bits per heavy atom. The molecule has 2 nitrogen and oxygen atoms in total. The van der Waals surface area contributed by atoms with Gasteiger partial charge in [0.1, 0.15) is 0 Å². The van der Waals surface area contributed by atoms with Crippen molar-refractivity contribution in [3.8, 4) is 0 Å². The highest BCUT2D eigenvalue weighted by Crippen LogP contribution is 2.09. The Kier molecular flexibility index (Phi) is 2.13. The van der Waals surface area contributed by atoms with E-state index >= 15 is 0 Å². The van der Waals surface area contributed by atoms with Gasteiger partial charge in [0.2, 0.25) is 5.91 Å². The third-order valence-corrected chi connectivity index (χ3v) is 2.11. The van der Waals surface area contributed by atoms with Crippen molar-refractivity contribution in [3.05, 3.63) is 48.6 Å². The molecule has 2 aliphatic rings. The summed E-state index contributed by atoms with van der Waals surface area (Å²) in [5, 5.41) is 2.91. The molecule has 2 heteroatoms. The zero-order chi connectivity index (χ0) is 9.10. The predicted molar refractivity (Wildman–Crippen MR) is 52.0 cm³/mol. The van der Waals surface area contributed by atoms with Gasteiger partial charge in [-0.25, -0.2) is 0 Å². The van der Waals surface area contributed by atoms with E-state index in [2.05, 4.69) is 5.32 Å². The van der Waals surface area contributed by atoms with Gasteiger partial charge < -0.3 is 5.32 Å². The molecule has 0 radical (unpaired) electrons. The average molecular weight is 173 g/mol. The van der Waals surface area contributed by atoms with Gasteiger partial charge in [0.15, 0.2) is 0 Å². The van der Waals surface area contributed by atoms with Gasteiger partial charge in [-0.2, -0.15) is 0 Å². The van der Waals surface area contributed by atoms with Gasteiger partial charge in [0, 0.05) is 0 Å². The van der Waals surface area contributed by atoms with Crippen LogP contribution >= 0.6 is 0 Å². The minimum atomic E-state index is -0.0811. The molecule has 1 N–H and O–H groups in total. The van der Waals surface area contributed by atoms with Gasteiger partial charge in [-0.3, -0.25) is 4.79 Å². The van der Waals surface area contributed by atoms with Crippen LogP contribution < -0.4 is 5.32 Å². The van der Waals surface area contributed by atoms with Gasteiger partial charge in [-0.15, -0.1) is 0 Å². The molecule has 2 aliphatic carbocycles. The molecule has 0 heterocycles. The molecule has 0 aromatic heterocycles. The van der Waals surface area contributed by atoms with Crippen LogP contribution in [0.1, 0.15) is 0 Å². The van der Waals surface area contributed by atoms with E-state index in [4.69, 9.17) is 0 Å². The smallest absolute Gasteiger partial charge is 0.231 e. The Balaban J connectivity index is 1.91. The average Bonchev–Trinajstić information content (AvgIpc) is 2.74. The van der Waals surface area contributed by atoms with Crippen molar-refractivity contribution in [2.45, 2.75) is 6.04 Å². The first-order chi connectivity index (χ1) is 6.36. The molecule has 0 atom stereocenters. The molecule has 0 fully saturated rings. The maximum absolute atomic E-state index is 11.5. The highest BCUT2D eigenvalue weighted by atomic mass is 16.1. The lowest BCUT2D eigenvalue weighted by Crippen LogP contribution is -2.34. The van der Waals surface area contributed by atoms with Gasteiger partial charge in [-0.1, -0.05) is 48.6 Å². The van der Waals surface area contributed by atoms with Gasteiger partial charge in [0.05, 0.1) is 12.0 Å². The van der Waals surface area contributed by atoms with Crippen LogP contribution in [0.3, 0.4) is 0 Å². The number of hydrogen-bond acceptors (Lipinski definition) is 1. The topological polar surface area (TPSA) is 29.1 Å². The largest absolute Gasteiger partial charge is 0.346 e. The van der Waals surface area contributed by atoms with Crippen molar-refractivity contribution >= 4 is 5.91 Å². The molecule has 0 saturated carbocycles. The summed E-state index contributed by atoms with van der Waals surface area (Å²) < 4.78 is 0. The van der Waals surface area contributed by atoms with E-state index in [1.807, 2.05) is 48.6 Å². The van der Waals surface area contributed by atoms with E-state index < -0.39 is 0 Å². The van der Waals surface area contributed by atoms with Crippen molar-refractivity contribution in [2.24, 2.45) is 5.92 Å². The van der Waals surface area contributed by atoms with Crippen molar-refractivity contribution in [1.82, 2.24) is 5.32 Å². The van der Waals surface area contributed by atoms with Crippen LogP contribution in [0.2, 0.25) is 0 Å². The Hall–Kier alpha value is -1.57. The van der Waals surface area contributed by atoms with Crippen LogP contribution in [0.4, 0.5) is 0 Å². The third kappa shape index (κ3) is 1.78. The SMILES string of the molecule is O=C(NC1C=CC=C1)C1C=CC=C1. The van der Waals surface area contributed by atoms with E-state index in [9.17, 15) is 4.79 Å². The number of carbonyl (C=O) groups is 1. The van der Waals surface area contributed by atoms with Gasteiger partial charge in [-0.05, 0) is 0 Å². The molecule has 0 unspecified atom stereocenters. The Morgan fingerprint density at radius 2 is 1.46 bits per heavy atom. The molecule has 66 valence electrons. The molecule has 0 bridgehead atoms. The second-order valence-corrected chi connectivity index (χ2v) is 3.10. The van der Waals surface area contributed by atoms with Crippen molar-refractivity contribution in [2.75, 3.05) is 0 Å². The highest BCUT2D eigenvalue weighted by molar-refractivity contribution is 5.83. The highest BCUT2D eigenvalue weighted by Gasteiger charge is 2.16. The summed E-state index contributed by atoms with van der Waals surface area (Å²) in [7, 11) is 0. The molecule has 0 aliphatic heterocycles. The van der Waals surface area contributed by atoms with Crippen LogP contribution in [-0.2, 0) is 4.79 Å². The second-order valence-electron chi connectivity index (χ2n) is 3.10. The van der Waals surface area contributed by atoms with Crippen molar-refractivity contribution in [1.29, 1.82) is 0 Å². The maximum atomic E-state index is 11.5. The summed E-state index contributed by atoms with van der Waals surface area (Å²) in [6.45, 7) is 0. The van der Waals surface area contributed by atoms with E-state index in [-0.39, 0.29) is 17.9 Å². The normalized spacial score (nSPS) is 20.3. The van der Waals surface area contributed by atoms with Crippen LogP contribution in [0.5, 0.6) is 0 Å². The summed E-state index contributed by atoms with van der Waals surface area (Å²) in [6.07, 6.45) is 15.3. The fourth-order valence-corrected chi connectivity index (χ4v) is 1.40. The number of nitrogens with one attached hydrogen (secondary N) is 1. The number of amides is 1. The lowest BCUT2D eigenvalue weighted by atomic mass is 10.1. The van der Waals surface area contributed by atoms with E-state index in [0.717, 1.165) is 0 Å². The first-order valence-corrected chi connectivity index (χ1v) is 4.36. The number of hydrogen-bond donors (Lipinski definition) is 1. The lowest BCUT2D eigenvalue weighted by Gasteiger charge is -2.10. The van der Waals surface area contributed by atoms with Crippen molar-refractivity contribution < 1.29 is 4.79 Å². The molecule has 0 saturated heterocycles. The molecule has 2 rings (SSSR count). The standard InChI is InChI=1S/C11H11NO/c13-11(9-5-1-2-6-9)12-10-7-3-4-8-10/h1-10H,(H,12,13). The molecule has 13 heavy (non-hydrogen) atoms. The third-order valence-electron chi connectivity index (χ3n) is 2.11. The number of rotatable bonds is 2. The molecule has 0 aromatic rings. The molecular weight excluding hydrogens is 162 g/mol. The molecule has 0 aromatic carbocycles. The minimum Gasteiger partial charge on any atom is -0.346 e. The number of carbonyl (C=O) groups excluding carboxylic acids is 1.